The molecule has 1 nitrogen and oxygen atoms in total. The van der Waals surface area contributed by atoms with E-state index in [1.165, 1.54) is 6.07 Å². The van der Waals surface area contributed by atoms with Crippen molar-refractivity contribution in [2.45, 2.75) is 24.4 Å². The zero-order valence-corrected chi connectivity index (χ0v) is 10.3. The summed E-state index contributed by atoms with van der Waals surface area (Å²) in [4.78, 5) is 0. The summed E-state index contributed by atoms with van der Waals surface area (Å²) in [5, 5.41) is 0.888. The van der Waals surface area contributed by atoms with Crippen molar-refractivity contribution in [2.24, 2.45) is 5.73 Å². The van der Waals surface area contributed by atoms with Crippen LogP contribution in [0.15, 0.2) is 36.4 Å². The monoisotopic (exact) mass is 265 g/mol. The van der Waals surface area contributed by atoms with Gasteiger partial charge in [0.25, 0.3) is 0 Å². The Hall–Kier alpha value is -1.55. The molecule has 0 bridgehead atoms. The molecule has 1 fully saturated rings. The maximum Gasteiger partial charge on any atom is 0.417 e. The van der Waals surface area contributed by atoms with Crippen LogP contribution >= 0.6 is 0 Å². The number of benzene rings is 2. The third-order valence-electron chi connectivity index (χ3n) is 4.04. The zero-order valence-electron chi connectivity index (χ0n) is 10.3. The minimum Gasteiger partial charge on any atom is -0.330 e. The Morgan fingerprint density at radius 2 is 1.84 bits per heavy atom. The lowest BCUT2D eigenvalue weighted by Gasteiger charge is -2.16. The summed E-state index contributed by atoms with van der Waals surface area (Å²) in [7, 11) is 0. The Kier molecular flexibility index (Phi) is 2.61. The fourth-order valence-corrected chi connectivity index (χ4v) is 2.61. The first-order valence-electron chi connectivity index (χ1n) is 6.27. The molecule has 1 saturated carbocycles. The lowest BCUT2D eigenvalue weighted by molar-refractivity contribution is -0.136. The van der Waals surface area contributed by atoms with Crippen LogP contribution in [0.25, 0.3) is 10.8 Å². The van der Waals surface area contributed by atoms with E-state index in [1.807, 2.05) is 6.07 Å². The number of alkyl halides is 3. The van der Waals surface area contributed by atoms with Crippen molar-refractivity contribution in [3.63, 3.8) is 0 Å². The summed E-state index contributed by atoms with van der Waals surface area (Å²) in [5.74, 6) is 0. The third kappa shape index (κ3) is 2.00. The molecule has 0 aromatic heterocycles. The summed E-state index contributed by atoms with van der Waals surface area (Å²) in [6.07, 6.45) is -2.40. The highest BCUT2D eigenvalue weighted by Gasteiger charge is 2.43. The van der Waals surface area contributed by atoms with Crippen LogP contribution in [-0.4, -0.2) is 6.54 Å². The fourth-order valence-electron chi connectivity index (χ4n) is 2.61. The van der Waals surface area contributed by atoms with Crippen LogP contribution in [0.1, 0.15) is 24.0 Å². The van der Waals surface area contributed by atoms with E-state index in [4.69, 9.17) is 5.73 Å². The molecule has 0 radical (unpaired) electrons. The SMILES string of the molecule is NCC1(c2ccc3cccc(C(F)(F)F)c3c2)CC1. The Labute approximate surface area is 109 Å². The van der Waals surface area contributed by atoms with Crippen LogP contribution in [0.4, 0.5) is 13.2 Å². The van der Waals surface area contributed by atoms with Crippen LogP contribution in [0, 0.1) is 0 Å². The predicted molar refractivity (Wildman–Crippen MR) is 68.9 cm³/mol. The lowest BCUT2D eigenvalue weighted by Crippen LogP contribution is -2.19. The molecule has 2 N–H and O–H groups in total. The Morgan fingerprint density at radius 3 is 2.42 bits per heavy atom. The van der Waals surface area contributed by atoms with Gasteiger partial charge in [-0.15, -0.1) is 0 Å². The van der Waals surface area contributed by atoms with E-state index in [1.54, 1.807) is 18.2 Å². The normalized spacial score (nSPS) is 17.7. The Bertz CT molecular complexity index is 627. The summed E-state index contributed by atoms with van der Waals surface area (Å²) in [6, 6.07) is 9.61. The van der Waals surface area contributed by atoms with Gasteiger partial charge in [0.15, 0.2) is 0 Å². The molecule has 4 heteroatoms. The van der Waals surface area contributed by atoms with Crippen LogP contribution in [-0.2, 0) is 11.6 Å². The third-order valence-corrected chi connectivity index (χ3v) is 4.04. The quantitative estimate of drug-likeness (QED) is 0.877. The van der Waals surface area contributed by atoms with Gasteiger partial charge in [0.2, 0.25) is 0 Å². The maximum atomic E-state index is 13.0. The van der Waals surface area contributed by atoms with Crippen molar-refractivity contribution >= 4 is 10.8 Å². The van der Waals surface area contributed by atoms with E-state index in [-0.39, 0.29) is 10.8 Å². The van der Waals surface area contributed by atoms with Gasteiger partial charge in [0.05, 0.1) is 5.56 Å². The van der Waals surface area contributed by atoms with Crippen molar-refractivity contribution in [1.29, 1.82) is 0 Å². The first-order valence-corrected chi connectivity index (χ1v) is 6.27. The minimum atomic E-state index is -4.32. The minimum absolute atomic E-state index is 0.0904. The van der Waals surface area contributed by atoms with Crippen molar-refractivity contribution in [1.82, 2.24) is 0 Å². The number of rotatable bonds is 2. The standard InChI is InChI=1S/C15H14F3N/c16-15(17,18)13-3-1-2-10-4-5-11(8-12(10)13)14(9-19)6-7-14/h1-5,8H,6-7,9,19H2. The second kappa shape index (κ2) is 3.97. The van der Waals surface area contributed by atoms with E-state index in [9.17, 15) is 13.2 Å². The molecule has 0 heterocycles. The number of halogens is 3. The number of fused-ring (bicyclic) bond motifs is 1. The average Bonchev–Trinajstić information content (AvgIpc) is 3.17. The molecule has 2 aromatic carbocycles. The molecule has 3 rings (SSSR count). The van der Waals surface area contributed by atoms with Crippen LogP contribution < -0.4 is 5.73 Å². The molecule has 0 aliphatic heterocycles. The topological polar surface area (TPSA) is 26.0 Å². The van der Waals surface area contributed by atoms with E-state index in [0.717, 1.165) is 24.5 Å². The summed E-state index contributed by atoms with van der Waals surface area (Å²) >= 11 is 0. The van der Waals surface area contributed by atoms with Gasteiger partial charge in [-0.2, -0.15) is 13.2 Å². The molecule has 1 aliphatic carbocycles. The first-order chi connectivity index (χ1) is 8.96. The van der Waals surface area contributed by atoms with Gasteiger partial charge in [-0.25, -0.2) is 0 Å². The van der Waals surface area contributed by atoms with E-state index in [2.05, 4.69) is 0 Å². The smallest absolute Gasteiger partial charge is 0.330 e. The highest BCUT2D eigenvalue weighted by atomic mass is 19.4. The Balaban J connectivity index is 2.21. The molecular weight excluding hydrogens is 251 g/mol. The fraction of sp³-hybridized carbons (Fsp3) is 0.333. The second-order valence-electron chi connectivity index (χ2n) is 5.22. The van der Waals surface area contributed by atoms with Crippen molar-refractivity contribution in [2.75, 3.05) is 6.54 Å². The average molecular weight is 265 g/mol. The number of nitrogens with two attached hydrogens (primary N) is 1. The molecule has 0 saturated heterocycles. The van der Waals surface area contributed by atoms with Gasteiger partial charge < -0.3 is 5.73 Å². The molecule has 0 amide bonds. The van der Waals surface area contributed by atoms with E-state index in [0.29, 0.717) is 11.9 Å². The maximum absolute atomic E-state index is 13.0. The largest absolute Gasteiger partial charge is 0.417 e. The molecule has 100 valence electrons. The van der Waals surface area contributed by atoms with Gasteiger partial charge in [-0.1, -0.05) is 24.3 Å². The lowest BCUT2D eigenvalue weighted by atomic mass is 9.92. The molecule has 2 aromatic rings. The highest BCUT2D eigenvalue weighted by Crippen LogP contribution is 2.48. The molecule has 0 spiro atoms. The molecule has 0 atom stereocenters. The van der Waals surface area contributed by atoms with Crippen molar-refractivity contribution < 1.29 is 13.2 Å². The van der Waals surface area contributed by atoms with Crippen LogP contribution in [0.5, 0.6) is 0 Å². The van der Waals surface area contributed by atoms with Gasteiger partial charge in [0, 0.05) is 12.0 Å². The van der Waals surface area contributed by atoms with E-state index >= 15 is 0 Å². The second-order valence-corrected chi connectivity index (χ2v) is 5.22. The summed E-state index contributed by atoms with van der Waals surface area (Å²) in [6.45, 7) is 0.493. The first kappa shape index (κ1) is 12.5. The van der Waals surface area contributed by atoms with Crippen molar-refractivity contribution in [3.8, 4) is 0 Å². The van der Waals surface area contributed by atoms with Crippen LogP contribution in [0.2, 0.25) is 0 Å². The Morgan fingerprint density at radius 1 is 1.11 bits per heavy atom. The number of hydrogen-bond acceptors (Lipinski definition) is 1. The van der Waals surface area contributed by atoms with E-state index < -0.39 is 11.7 Å². The highest BCUT2D eigenvalue weighted by molar-refractivity contribution is 5.87. The molecule has 0 unspecified atom stereocenters. The predicted octanol–water partition coefficient (Wildman–Crippen LogP) is 3.85. The van der Waals surface area contributed by atoms with Crippen LogP contribution in [0.3, 0.4) is 0 Å². The van der Waals surface area contributed by atoms with Gasteiger partial charge in [-0.05, 0) is 41.3 Å². The number of hydrogen-bond donors (Lipinski definition) is 1. The molecule has 19 heavy (non-hydrogen) atoms. The zero-order chi connectivity index (χ0) is 13.7. The molecular formula is C15H14F3N. The summed E-state index contributed by atoms with van der Waals surface area (Å²) < 4.78 is 39.1. The molecule has 1 aliphatic rings. The van der Waals surface area contributed by atoms with Gasteiger partial charge >= 0.3 is 6.18 Å². The summed E-state index contributed by atoms with van der Waals surface area (Å²) in [5.41, 5.74) is 6.02. The van der Waals surface area contributed by atoms with Gasteiger partial charge in [-0.3, -0.25) is 0 Å². The van der Waals surface area contributed by atoms with Gasteiger partial charge in [0.1, 0.15) is 0 Å². The van der Waals surface area contributed by atoms with Crippen molar-refractivity contribution in [3.05, 3.63) is 47.5 Å².